The molecular formula is C19H17ClN2OS2. The lowest BCUT2D eigenvalue weighted by Gasteiger charge is -2.26. The summed E-state index contributed by atoms with van der Waals surface area (Å²) in [7, 11) is 0. The number of nitrogens with one attached hydrogen (secondary N) is 1. The number of benzene rings is 2. The standard InChI is InChI=1S/C19H17ClN2OS2/c20-13-8-9-17-16(10-13)22-19(25-17)24-11-18(23)21-15-7-3-5-12-4-1-2-6-14(12)15/h1-2,4,6,8-10,15H,3,5,7,11H2,(H,21,23). The average molecular weight is 389 g/mol. The Morgan fingerprint density at radius 3 is 3.12 bits per heavy atom. The van der Waals surface area contributed by atoms with E-state index in [1.54, 1.807) is 11.3 Å². The van der Waals surface area contributed by atoms with Crippen molar-refractivity contribution in [1.82, 2.24) is 10.3 Å². The van der Waals surface area contributed by atoms with Crippen molar-refractivity contribution < 1.29 is 4.79 Å². The Morgan fingerprint density at radius 2 is 2.20 bits per heavy atom. The van der Waals surface area contributed by atoms with E-state index in [0.29, 0.717) is 10.8 Å². The van der Waals surface area contributed by atoms with Gasteiger partial charge in [0.15, 0.2) is 4.34 Å². The molecule has 0 spiro atoms. The summed E-state index contributed by atoms with van der Waals surface area (Å²) >= 11 is 9.08. The number of nitrogens with zero attached hydrogens (tertiary/aromatic N) is 1. The first-order valence-corrected chi connectivity index (χ1v) is 10.4. The summed E-state index contributed by atoms with van der Waals surface area (Å²) in [6.07, 6.45) is 3.23. The molecule has 1 N–H and O–H groups in total. The number of rotatable bonds is 4. The minimum absolute atomic E-state index is 0.0593. The molecule has 1 aromatic heterocycles. The zero-order chi connectivity index (χ0) is 17.2. The third kappa shape index (κ3) is 3.84. The highest BCUT2D eigenvalue weighted by Gasteiger charge is 2.21. The number of fused-ring (bicyclic) bond motifs is 2. The van der Waals surface area contributed by atoms with E-state index in [0.717, 1.165) is 33.8 Å². The zero-order valence-electron chi connectivity index (χ0n) is 13.5. The van der Waals surface area contributed by atoms with E-state index in [1.165, 1.54) is 22.9 Å². The Morgan fingerprint density at radius 1 is 1.32 bits per heavy atom. The topological polar surface area (TPSA) is 42.0 Å². The summed E-state index contributed by atoms with van der Waals surface area (Å²) in [5, 5.41) is 3.87. The molecule has 0 saturated carbocycles. The summed E-state index contributed by atoms with van der Waals surface area (Å²) in [6, 6.07) is 14.2. The first-order chi connectivity index (χ1) is 12.2. The molecule has 1 unspecified atom stereocenters. The number of hydrogen-bond acceptors (Lipinski definition) is 4. The van der Waals surface area contributed by atoms with Gasteiger partial charge in [-0.15, -0.1) is 11.3 Å². The van der Waals surface area contributed by atoms with E-state index in [4.69, 9.17) is 11.6 Å². The van der Waals surface area contributed by atoms with Gasteiger partial charge in [-0.05, 0) is 48.6 Å². The van der Waals surface area contributed by atoms with Crippen LogP contribution in [0.5, 0.6) is 0 Å². The summed E-state index contributed by atoms with van der Waals surface area (Å²) in [4.78, 5) is 16.9. The Hall–Kier alpha value is -1.56. The van der Waals surface area contributed by atoms with Crippen molar-refractivity contribution in [1.29, 1.82) is 0 Å². The van der Waals surface area contributed by atoms with Crippen LogP contribution in [-0.4, -0.2) is 16.6 Å². The van der Waals surface area contributed by atoms with Gasteiger partial charge in [0.2, 0.25) is 5.91 Å². The molecule has 3 aromatic rings. The van der Waals surface area contributed by atoms with Gasteiger partial charge in [0.25, 0.3) is 0 Å². The summed E-state index contributed by atoms with van der Waals surface area (Å²) in [6.45, 7) is 0. The molecule has 4 rings (SSSR count). The van der Waals surface area contributed by atoms with E-state index in [9.17, 15) is 4.79 Å². The van der Waals surface area contributed by atoms with Gasteiger partial charge in [-0.3, -0.25) is 4.79 Å². The van der Waals surface area contributed by atoms with Gasteiger partial charge in [-0.25, -0.2) is 4.98 Å². The molecule has 1 aliphatic carbocycles. The normalized spacial score (nSPS) is 16.6. The quantitative estimate of drug-likeness (QED) is 0.622. The smallest absolute Gasteiger partial charge is 0.230 e. The molecule has 128 valence electrons. The van der Waals surface area contributed by atoms with Gasteiger partial charge in [-0.1, -0.05) is 47.6 Å². The second kappa shape index (κ2) is 7.36. The van der Waals surface area contributed by atoms with Gasteiger partial charge in [0.1, 0.15) is 0 Å². The number of thiazole rings is 1. The Bertz CT molecular complexity index is 925. The van der Waals surface area contributed by atoms with Crippen LogP contribution < -0.4 is 5.32 Å². The van der Waals surface area contributed by atoms with Crippen molar-refractivity contribution in [3.05, 3.63) is 58.6 Å². The van der Waals surface area contributed by atoms with Crippen LogP contribution in [0.4, 0.5) is 0 Å². The van der Waals surface area contributed by atoms with Gasteiger partial charge < -0.3 is 5.32 Å². The van der Waals surface area contributed by atoms with Crippen LogP contribution in [0.15, 0.2) is 46.8 Å². The maximum atomic E-state index is 12.4. The van der Waals surface area contributed by atoms with Crippen molar-refractivity contribution in [2.45, 2.75) is 29.6 Å². The zero-order valence-corrected chi connectivity index (χ0v) is 15.9. The van der Waals surface area contributed by atoms with Crippen LogP contribution in [-0.2, 0) is 11.2 Å². The summed E-state index contributed by atoms with van der Waals surface area (Å²) in [5.74, 6) is 0.440. The number of amides is 1. The molecule has 25 heavy (non-hydrogen) atoms. The van der Waals surface area contributed by atoms with Crippen molar-refractivity contribution in [3.63, 3.8) is 0 Å². The first-order valence-electron chi connectivity index (χ1n) is 8.25. The number of thioether (sulfide) groups is 1. The minimum atomic E-state index is 0.0593. The number of halogens is 1. The van der Waals surface area contributed by atoms with Crippen molar-refractivity contribution in [2.24, 2.45) is 0 Å². The molecule has 6 heteroatoms. The van der Waals surface area contributed by atoms with Crippen molar-refractivity contribution in [2.75, 3.05) is 5.75 Å². The van der Waals surface area contributed by atoms with E-state index in [-0.39, 0.29) is 11.9 Å². The molecule has 1 heterocycles. The number of carbonyl (C=O) groups excluding carboxylic acids is 1. The molecule has 0 fully saturated rings. The average Bonchev–Trinajstić information content (AvgIpc) is 3.02. The second-order valence-corrected chi connectivity index (χ2v) is 8.78. The monoisotopic (exact) mass is 388 g/mol. The fourth-order valence-corrected chi connectivity index (χ4v) is 5.23. The highest BCUT2D eigenvalue weighted by atomic mass is 35.5. The Balaban J connectivity index is 1.39. The first kappa shape index (κ1) is 16.9. The highest BCUT2D eigenvalue weighted by Crippen LogP contribution is 2.32. The molecule has 2 aromatic carbocycles. The van der Waals surface area contributed by atoms with E-state index < -0.39 is 0 Å². The molecule has 3 nitrogen and oxygen atoms in total. The largest absolute Gasteiger partial charge is 0.349 e. The molecule has 1 aliphatic rings. The molecule has 0 saturated heterocycles. The maximum Gasteiger partial charge on any atom is 0.230 e. The molecule has 0 radical (unpaired) electrons. The van der Waals surface area contributed by atoms with Crippen LogP contribution in [0.25, 0.3) is 10.2 Å². The lowest BCUT2D eigenvalue weighted by atomic mass is 9.88. The molecule has 1 atom stereocenters. The Kier molecular flexibility index (Phi) is 4.97. The number of aromatic nitrogens is 1. The molecule has 0 aliphatic heterocycles. The van der Waals surface area contributed by atoms with Gasteiger partial charge in [0, 0.05) is 5.02 Å². The van der Waals surface area contributed by atoms with Crippen LogP contribution in [0.3, 0.4) is 0 Å². The molecular weight excluding hydrogens is 372 g/mol. The summed E-state index contributed by atoms with van der Waals surface area (Å²) < 4.78 is 1.99. The van der Waals surface area contributed by atoms with Crippen LogP contribution in [0.2, 0.25) is 5.02 Å². The number of hydrogen-bond donors (Lipinski definition) is 1. The fourth-order valence-electron chi connectivity index (χ4n) is 3.21. The third-order valence-corrected chi connectivity index (χ3v) is 6.78. The van der Waals surface area contributed by atoms with Gasteiger partial charge in [-0.2, -0.15) is 0 Å². The lowest BCUT2D eigenvalue weighted by molar-refractivity contribution is -0.119. The predicted octanol–water partition coefficient (Wildman–Crippen LogP) is 5.24. The summed E-state index contributed by atoms with van der Waals surface area (Å²) in [5.41, 5.74) is 3.51. The minimum Gasteiger partial charge on any atom is -0.349 e. The van der Waals surface area contributed by atoms with E-state index in [1.807, 2.05) is 24.3 Å². The third-order valence-electron chi connectivity index (χ3n) is 4.36. The van der Waals surface area contributed by atoms with Crippen LogP contribution in [0.1, 0.15) is 30.0 Å². The lowest BCUT2D eigenvalue weighted by Crippen LogP contribution is -2.32. The van der Waals surface area contributed by atoms with E-state index >= 15 is 0 Å². The fraction of sp³-hybridized carbons (Fsp3) is 0.263. The van der Waals surface area contributed by atoms with Crippen molar-refractivity contribution in [3.8, 4) is 0 Å². The highest BCUT2D eigenvalue weighted by molar-refractivity contribution is 8.01. The molecule has 0 bridgehead atoms. The predicted molar refractivity (Wildman–Crippen MR) is 106 cm³/mol. The van der Waals surface area contributed by atoms with Crippen molar-refractivity contribution >= 4 is 50.8 Å². The number of aryl methyl sites for hydroxylation is 1. The van der Waals surface area contributed by atoms with Gasteiger partial charge >= 0.3 is 0 Å². The SMILES string of the molecule is O=C(CSc1nc2cc(Cl)ccc2s1)NC1CCCc2ccccc21. The second-order valence-electron chi connectivity index (χ2n) is 6.09. The molecule has 1 amide bonds. The van der Waals surface area contributed by atoms with E-state index in [2.05, 4.69) is 28.5 Å². The van der Waals surface area contributed by atoms with Gasteiger partial charge in [0.05, 0.1) is 22.0 Å². The Labute approximate surface area is 159 Å². The maximum absolute atomic E-state index is 12.4. The van der Waals surface area contributed by atoms with Crippen LogP contribution >= 0.6 is 34.7 Å². The number of carbonyl (C=O) groups is 1. The van der Waals surface area contributed by atoms with Crippen LogP contribution in [0, 0.1) is 0 Å².